The molecule has 21 heavy (non-hydrogen) atoms. The topological polar surface area (TPSA) is 12.0 Å². The van der Waals surface area contributed by atoms with Crippen molar-refractivity contribution in [3.05, 3.63) is 64.7 Å². The monoisotopic (exact) mass is 281 g/mol. The maximum atomic E-state index is 3.63. The van der Waals surface area contributed by atoms with E-state index in [4.69, 9.17) is 0 Å². The van der Waals surface area contributed by atoms with Crippen LogP contribution in [0.2, 0.25) is 0 Å². The third kappa shape index (κ3) is 4.35. The van der Waals surface area contributed by atoms with E-state index in [0.29, 0.717) is 6.04 Å². The van der Waals surface area contributed by atoms with Gasteiger partial charge < -0.3 is 5.32 Å². The Hall–Kier alpha value is -1.76. The Morgan fingerprint density at radius 2 is 1.71 bits per heavy atom. The van der Waals surface area contributed by atoms with Gasteiger partial charge in [0.25, 0.3) is 0 Å². The third-order valence-electron chi connectivity index (χ3n) is 4.06. The summed E-state index contributed by atoms with van der Waals surface area (Å²) in [7, 11) is 0. The standard InChI is InChI=1S/C20H27N/c1-5-6-7-18-10-12-19(13-11-18)17(4)21-20-14-15(2)8-9-16(20)3/h8-14,17,21H,5-7H2,1-4H3. The average Bonchev–Trinajstić information content (AvgIpc) is 2.49. The van der Waals surface area contributed by atoms with Crippen LogP contribution in [0.4, 0.5) is 5.69 Å². The van der Waals surface area contributed by atoms with Crippen molar-refractivity contribution in [3.63, 3.8) is 0 Å². The molecule has 0 amide bonds. The van der Waals surface area contributed by atoms with Gasteiger partial charge in [-0.2, -0.15) is 0 Å². The van der Waals surface area contributed by atoms with Crippen LogP contribution >= 0.6 is 0 Å². The molecule has 112 valence electrons. The second-order valence-electron chi connectivity index (χ2n) is 6.03. The summed E-state index contributed by atoms with van der Waals surface area (Å²) in [6.45, 7) is 8.76. The number of hydrogen-bond donors (Lipinski definition) is 1. The van der Waals surface area contributed by atoms with Crippen molar-refractivity contribution in [2.75, 3.05) is 5.32 Å². The van der Waals surface area contributed by atoms with Gasteiger partial charge in [-0.25, -0.2) is 0 Å². The number of hydrogen-bond acceptors (Lipinski definition) is 1. The molecule has 0 bridgehead atoms. The van der Waals surface area contributed by atoms with Gasteiger partial charge in [0.15, 0.2) is 0 Å². The smallest absolute Gasteiger partial charge is 0.0485 e. The van der Waals surface area contributed by atoms with E-state index in [1.807, 2.05) is 0 Å². The van der Waals surface area contributed by atoms with Gasteiger partial charge in [-0.05, 0) is 61.9 Å². The zero-order valence-electron chi connectivity index (χ0n) is 13.7. The zero-order chi connectivity index (χ0) is 15.2. The predicted molar refractivity (Wildman–Crippen MR) is 93.0 cm³/mol. The summed E-state index contributed by atoms with van der Waals surface area (Å²) < 4.78 is 0. The molecule has 2 rings (SSSR count). The molecule has 0 spiro atoms. The quantitative estimate of drug-likeness (QED) is 0.703. The highest BCUT2D eigenvalue weighted by Gasteiger charge is 2.07. The molecule has 0 heterocycles. The summed E-state index contributed by atoms with van der Waals surface area (Å²) >= 11 is 0. The second kappa shape index (κ2) is 7.31. The SMILES string of the molecule is CCCCc1ccc(C(C)Nc2cc(C)ccc2C)cc1. The van der Waals surface area contributed by atoms with Crippen LogP contribution in [0.5, 0.6) is 0 Å². The summed E-state index contributed by atoms with van der Waals surface area (Å²) in [5.74, 6) is 0. The first-order valence-electron chi connectivity index (χ1n) is 8.02. The van der Waals surface area contributed by atoms with E-state index in [9.17, 15) is 0 Å². The molecule has 2 aromatic rings. The third-order valence-corrected chi connectivity index (χ3v) is 4.06. The van der Waals surface area contributed by atoms with Gasteiger partial charge in [-0.1, -0.05) is 49.7 Å². The van der Waals surface area contributed by atoms with Crippen molar-refractivity contribution in [2.45, 2.75) is 53.0 Å². The van der Waals surface area contributed by atoms with Crippen molar-refractivity contribution < 1.29 is 0 Å². The maximum Gasteiger partial charge on any atom is 0.0485 e. The molecule has 0 aliphatic heterocycles. The fraction of sp³-hybridized carbons (Fsp3) is 0.400. The number of anilines is 1. The number of rotatable bonds is 6. The van der Waals surface area contributed by atoms with Crippen LogP contribution in [0.1, 0.15) is 55.0 Å². The summed E-state index contributed by atoms with van der Waals surface area (Å²) in [6, 6.07) is 15.9. The number of nitrogens with one attached hydrogen (secondary N) is 1. The highest BCUT2D eigenvalue weighted by molar-refractivity contribution is 5.53. The summed E-state index contributed by atoms with van der Waals surface area (Å²) in [4.78, 5) is 0. The van der Waals surface area contributed by atoms with Crippen LogP contribution in [-0.2, 0) is 6.42 Å². The molecule has 0 fully saturated rings. The predicted octanol–water partition coefficient (Wildman–Crippen LogP) is 5.82. The van der Waals surface area contributed by atoms with Gasteiger partial charge in [-0.3, -0.25) is 0 Å². The van der Waals surface area contributed by atoms with E-state index in [-0.39, 0.29) is 0 Å². The van der Waals surface area contributed by atoms with Gasteiger partial charge >= 0.3 is 0 Å². The minimum Gasteiger partial charge on any atom is -0.378 e. The van der Waals surface area contributed by atoms with Gasteiger partial charge in [0.05, 0.1) is 0 Å². The normalized spacial score (nSPS) is 12.2. The number of benzene rings is 2. The first kappa shape index (κ1) is 15.6. The van der Waals surface area contributed by atoms with Crippen LogP contribution in [-0.4, -0.2) is 0 Å². The Bertz CT molecular complexity index is 569. The first-order chi connectivity index (χ1) is 10.1. The lowest BCUT2D eigenvalue weighted by atomic mass is 10.0. The Morgan fingerprint density at radius 3 is 2.38 bits per heavy atom. The van der Waals surface area contributed by atoms with Gasteiger partial charge in [0.1, 0.15) is 0 Å². The molecule has 0 radical (unpaired) electrons. The fourth-order valence-corrected chi connectivity index (χ4v) is 2.56. The Morgan fingerprint density at radius 1 is 1.00 bits per heavy atom. The van der Waals surface area contributed by atoms with Crippen LogP contribution < -0.4 is 5.32 Å². The zero-order valence-corrected chi connectivity index (χ0v) is 13.7. The van der Waals surface area contributed by atoms with Crippen molar-refractivity contribution in [1.82, 2.24) is 0 Å². The molecule has 1 atom stereocenters. The minimum atomic E-state index is 0.325. The van der Waals surface area contributed by atoms with E-state index in [1.54, 1.807) is 0 Å². The Labute approximate surface area is 129 Å². The van der Waals surface area contributed by atoms with Crippen LogP contribution in [0.25, 0.3) is 0 Å². The summed E-state index contributed by atoms with van der Waals surface area (Å²) in [5.41, 5.74) is 6.62. The van der Waals surface area contributed by atoms with Gasteiger partial charge in [-0.15, -0.1) is 0 Å². The van der Waals surface area contributed by atoms with E-state index in [0.717, 1.165) is 0 Å². The Kier molecular flexibility index (Phi) is 5.44. The second-order valence-corrected chi connectivity index (χ2v) is 6.03. The highest BCUT2D eigenvalue weighted by atomic mass is 14.9. The average molecular weight is 281 g/mol. The highest BCUT2D eigenvalue weighted by Crippen LogP contribution is 2.23. The molecule has 1 unspecified atom stereocenters. The van der Waals surface area contributed by atoms with Crippen molar-refractivity contribution in [1.29, 1.82) is 0 Å². The van der Waals surface area contributed by atoms with E-state index in [2.05, 4.69) is 75.5 Å². The first-order valence-corrected chi connectivity index (χ1v) is 8.02. The lowest BCUT2D eigenvalue weighted by molar-refractivity contribution is 0.793. The molecular weight excluding hydrogens is 254 g/mol. The summed E-state index contributed by atoms with van der Waals surface area (Å²) in [5, 5.41) is 3.63. The van der Waals surface area contributed by atoms with E-state index in [1.165, 1.54) is 47.2 Å². The molecule has 1 nitrogen and oxygen atoms in total. The lowest BCUT2D eigenvalue weighted by Gasteiger charge is -2.18. The Balaban J connectivity index is 2.05. The molecule has 2 aromatic carbocycles. The van der Waals surface area contributed by atoms with Crippen LogP contribution in [0.15, 0.2) is 42.5 Å². The molecule has 0 aliphatic carbocycles. The van der Waals surface area contributed by atoms with Gasteiger partial charge in [0.2, 0.25) is 0 Å². The molecule has 0 aromatic heterocycles. The fourth-order valence-electron chi connectivity index (χ4n) is 2.56. The van der Waals surface area contributed by atoms with Gasteiger partial charge in [0, 0.05) is 11.7 Å². The molecule has 0 saturated carbocycles. The molecule has 0 aliphatic rings. The minimum absolute atomic E-state index is 0.325. The lowest BCUT2D eigenvalue weighted by Crippen LogP contribution is -2.08. The van der Waals surface area contributed by atoms with Crippen molar-refractivity contribution in [2.24, 2.45) is 0 Å². The molecule has 0 saturated heterocycles. The molecule has 1 N–H and O–H groups in total. The van der Waals surface area contributed by atoms with Crippen LogP contribution in [0, 0.1) is 13.8 Å². The number of unbranched alkanes of at least 4 members (excludes halogenated alkanes) is 1. The summed E-state index contributed by atoms with van der Waals surface area (Å²) in [6.07, 6.45) is 3.72. The van der Waals surface area contributed by atoms with Crippen molar-refractivity contribution >= 4 is 5.69 Å². The largest absolute Gasteiger partial charge is 0.378 e. The molecular formula is C20H27N. The van der Waals surface area contributed by atoms with E-state index >= 15 is 0 Å². The van der Waals surface area contributed by atoms with Crippen LogP contribution in [0.3, 0.4) is 0 Å². The molecule has 1 heteroatoms. The number of aryl methyl sites for hydroxylation is 3. The van der Waals surface area contributed by atoms with Crippen molar-refractivity contribution in [3.8, 4) is 0 Å². The maximum absolute atomic E-state index is 3.63. The van der Waals surface area contributed by atoms with E-state index < -0.39 is 0 Å².